The molecule has 0 spiro atoms. The highest BCUT2D eigenvalue weighted by atomic mass is 16.2. The number of H-pyrrole nitrogens is 1. The summed E-state index contributed by atoms with van der Waals surface area (Å²) in [5.74, 6) is -0.399. The third-order valence-corrected chi connectivity index (χ3v) is 2.68. The van der Waals surface area contributed by atoms with Crippen molar-refractivity contribution < 1.29 is 4.79 Å². The molecule has 0 saturated carbocycles. The molecule has 2 N–H and O–H groups in total. The van der Waals surface area contributed by atoms with E-state index in [-0.39, 0.29) is 11.1 Å². The van der Waals surface area contributed by atoms with Crippen molar-refractivity contribution in [2.45, 2.75) is 20.4 Å². The fourth-order valence-corrected chi connectivity index (χ4v) is 1.71. The Kier molecular flexibility index (Phi) is 3.75. The number of nitrogens with zero attached hydrogens (tertiary/aromatic N) is 1. The van der Waals surface area contributed by atoms with E-state index in [1.807, 2.05) is 25.1 Å². The van der Waals surface area contributed by atoms with Crippen molar-refractivity contribution in [3.8, 4) is 0 Å². The molecule has 2 heterocycles. The Hall–Kier alpha value is -2.43. The molecule has 0 aliphatic rings. The summed E-state index contributed by atoms with van der Waals surface area (Å²) >= 11 is 0. The van der Waals surface area contributed by atoms with Gasteiger partial charge in [0.25, 0.3) is 11.5 Å². The maximum atomic E-state index is 11.9. The molecule has 0 aliphatic heterocycles. The highest BCUT2D eigenvalue weighted by molar-refractivity contribution is 5.93. The maximum Gasteiger partial charge on any atom is 0.260 e. The molecule has 1 amide bonds. The maximum absolute atomic E-state index is 11.9. The van der Waals surface area contributed by atoms with E-state index in [2.05, 4.69) is 15.3 Å². The van der Waals surface area contributed by atoms with E-state index >= 15 is 0 Å². The smallest absolute Gasteiger partial charge is 0.260 e. The van der Waals surface area contributed by atoms with Crippen molar-refractivity contribution in [1.29, 1.82) is 0 Å². The monoisotopic (exact) mass is 257 g/mol. The van der Waals surface area contributed by atoms with Crippen LogP contribution >= 0.6 is 0 Å². The highest BCUT2D eigenvalue weighted by Gasteiger charge is 2.09. The number of pyridine rings is 2. The van der Waals surface area contributed by atoms with E-state index < -0.39 is 5.91 Å². The van der Waals surface area contributed by atoms with E-state index in [1.165, 1.54) is 6.07 Å². The van der Waals surface area contributed by atoms with Gasteiger partial charge in [0, 0.05) is 11.4 Å². The Morgan fingerprint density at radius 1 is 1.26 bits per heavy atom. The van der Waals surface area contributed by atoms with Crippen LogP contribution in [0.2, 0.25) is 0 Å². The van der Waals surface area contributed by atoms with Gasteiger partial charge < -0.3 is 10.3 Å². The zero-order valence-corrected chi connectivity index (χ0v) is 10.9. The summed E-state index contributed by atoms with van der Waals surface area (Å²) in [6, 6.07) is 8.81. The van der Waals surface area contributed by atoms with Gasteiger partial charge in [-0.2, -0.15) is 0 Å². The van der Waals surface area contributed by atoms with Crippen molar-refractivity contribution in [3.63, 3.8) is 0 Å². The Balaban J connectivity index is 2.07. The van der Waals surface area contributed by atoms with Crippen LogP contribution in [0, 0.1) is 13.8 Å². The zero-order valence-electron chi connectivity index (χ0n) is 10.9. The standard InChI is InChI=1S/C14H15N3O2/c1-9-4-3-5-11(16-9)8-15-13(18)12-7-6-10(2)17-14(12)19/h3-7H,8H2,1-2H3,(H,15,18)(H,17,19). The average Bonchev–Trinajstić information content (AvgIpc) is 2.36. The molecule has 0 radical (unpaired) electrons. The molecule has 0 bridgehead atoms. The molecule has 2 rings (SSSR count). The lowest BCUT2D eigenvalue weighted by molar-refractivity contribution is 0.0949. The van der Waals surface area contributed by atoms with Crippen LogP contribution in [0.25, 0.3) is 0 Å². The predicted molar refractivity (Wildman–Crippen MR) is 71.9 cm³/mol. The number of carbonyl (C=O) groups excluding carboxylic acids is 1. The zero-order chi connectivity index (χ0) is 13.8. The lowest BCUT2D eigenvalue weighted by Crippen LogP contribution is -2.29. The van der Waals surface area contributed by atoms with Gasteiger partial charge in [-0.3, -0.25) is 14.6 Å². The fourth-order valence-electron chi connectivity index (χ4n) is 1.71. The molecule has 19 heavy (non-hydrogen) atoms. The van der Waals surface area contributed by atoms with E-state index in [4.69, 9.17) is 0 Å². The second kappa shape index (κ2) is 5.48. The number of hydrogen-bond donors (Lipinski definition) is 2. The van der Waals surface area contributed by atoms with Crippen LogP contribution in [0.3, 0.4) is 0 Å². The van der Waals surface area contributed by atoms with Crippen molar-refractivity contribution in [2.75, 3.05) is 0 Å². The van der Waals surface area contributed by atoms with Crippen LogP contribution in [-0.2, 0) is 6.54 Å². The molecule has 5 nitrogen and oxygen atoms in total. The van der Waals surface area contributed by atoms with Gasteiger partial charge in [-0.15, -0.1) is 0 Å². The first-order valence-corrected chi connectivity index (χ1v) is 5.97. The van der Waals surface area contributed by atoms with E-state index in [0.717, 1.165) is 17.1 Å². The molecular weight excluding hydrogens is 242 g/mol. The van der Waals surface area contributed by atoms with Gasteiger partial charge in [0.2, 0.25) is 0 Å². The molecule has 0 unspecified atom stereocenters. The average molecular weight is 257 g/mol. The second-order valence-electron chi connectivity index (χ2n) is 4.34. The Morgan fingerprint density at radius 2 is 2.05 bits per heavy atom. The van der Waals surface area contributed by atoms with Crippen LogP contribution in [0.5, 0.6) is 0 Å². The summed E-state index contributed by atoms with van der Waals surface area (Å²) < 4.78 is 0. The van der Waals surface area contributed by atoms with Crippen LogP contribution in [-0.4, -0.2) is 15.9 Å². The Morgan fingerprint density at radius 3 is 2.74 bits per heavy atom. The van der Waals surface area contributed by atoms with Gasteiger partial charge in [0.1, 0.15) is 5.56 Å². The number of aromatic nitrogens is 2. The van der Waals surface area contributed by atoms with Gasteiger partial charge in [-0.1, -0.05) is 6.07 Å². The summed E-state index contributed by atoms with van der Waals surface area (Å²) in [4.78, 5) is 30.4. The lowest BCUT2D eigenvalue weighted by Gasteiger charge is -2.05. The van der Waals surface area contributed by atoms with Gasteiger partial charge in [0.05, 0.1) is 12.2 Å². The van der Waals surface area contributed by atoms with Crippen molar-refractivity contribution in [2.24, 2.45) is 0 Å². The summed E-state index contributed by atoms with van der Waals surface area (Å²) in [5, 5.41) is 2.68. The third kappa shape index (κ3) is 3.28. The van der Waals surface area contributed by atoms with E-state index in [1.54, 1.807) is 13.0 Å². The SMILES string of the molecule is Cc1cccc(CNC(=O)c2ccc(C)[nH]c2=O)n1. The van der Waals surface area contributed by atoms with Gasteiger partial charge in [-0.25, -0.2) is 0 Å². The number of amides is 1. The van der Waals surface area contributed by atoms with Crippen molar-refractivity contribution in [3.05, 3.63) is 63.3 Å². The van der Waals surface area contributed by atoms with Gasteiger partial charge in [-0.05, 0) is 38.1 Å². The van der Waals surface area contributed by atoms with Gasteiger partial charge >= 0.3 is 0 Å². The minimum atomic E-state index is -0.399. The molecule has 2 aromatic heterocycles. The molecule has 0 saturated heterocycles. The molecule has 0 aromatic carbocycles. The van der Waals surface area contributed by atoms with Crippen LogP contribution < -0.4 is 10.9 Å². The minimum absolute atomic E-state index is 0.109. The quantitative estimate of drug-likeness (QED) is 0.870. The second-order valence-corrected chi connectivity index (χ2v) is 4.34. The normalized spacial score (nSPS) is 10.2. The van der Waals surface area contributed by atoms with Crippen LogP contribution in [0.15, 0.2) is 35.1 Å². The molecule has 5 heteroatoms. The predicted octanol–water partition coefficient (Wildman–Crippen LogP) is 1.32. The first-order valence-electron chi connectivity index (χ1n) is 5.97. The minimum Gasteiger partial charge on any atom is -0.346 e. The number of nitrogens with one attached hydrogen (secondary N) is 2. The topological polar surface area (TPSA) is 74.8 Å². The summed E-state index contributed by atoms with van der Waals surface area (Å²) in [7, 11) is 0. The summed E-state index contributed by atoms with van der Waals surface area (Å²) in [5.41, 5.74) is 2.10. The third-order valence-electron chi connectivity index (χ3n) is 2.68. The molecule has 0 aliphatic carbocycles. The van der Waals surface area contributed by atoms with Crippen molar-refractivity contribution >= 4 is 5.91 Å². The Labute approximate surface area is 110 Å². The molecule has 0 atom stereocenters. The van der Waals surface area contributed by atoms with Gasteiger partial charge in [0.15, 0.2) is 0 Å². The van der Waals surface area contributed by atoms with Crippen LogP contribution in [0.4, 0.5) is 0 Å². The summed E-state index contributed by atoms with van der Waals surface area (Å²) in [6.45, 7) is 3.95. The molecule has 98 valence electrons. The number of aryl methyl sites for hydroxylation is 2. The summed E-state index contributed by atoms with van der Waals surface area (Å²) in [6.07, 6.45) is 0. The number of hydrogen-bond acceptors (Lipinski definition) is 3. The number of rotatable bonds is 3. The first kappa shape index (κ1) is 13.0. The van der Waals surface area contributed by atoms with E-state index in [0.29, 0.717) is 6.54 Å². The van der Waals surface area contributed by atoms with Crippen LogP contribution in [0.1, 0.15) is 27.4 Å². The molecule has 0 fully saturated rings. The fraction of sp³-hybridized carbons (Fsp3) is 0.214. The number of carbonyl (C=O) groups is 1. The van der Waals surface area contributed by atoms with E-state index in [9.17, 15) is 9.59 Å². The highest BCUT2D eigenvalue weighted by Crippen LogP contribution is 1.99. The number of aromatic amines is 1. The molecule has 2 aromatic rings. The molecular formula is C14H15N3O2. The lowest BCUT2D eigenvalue weighted by atomic mass is 10.2. The Bertz CT molecular complexity index is 662. The first-order chi connectivity index (χ1) is 9.06. The van der Waals surface area contributed by atoms with Crippen molar-refractivity contribution in [1.82, 2.24) is 15.3 Å². The largest absolute Gasteiger partial charge is 0.346 e.